The number of hydrogen-bond donors (Lipinski definition) is 0. The second-order valence-corrected chi connectivity index (χ2v) is 5.75. The Kier molecular flexibility index (Phi) is 5.03. The average Bonchev–Trinajstić information content (AvgIpc) is 3.09. The molecule has 3 rings (SSSR count). The first kappa shape index (κ1) is 15.0. The van der Waals surface area contributed by atoms with E-state index in [1.165, 1.54) is 5.56 Å². The highest BCUT2D eigenvalue weighted by atomic mass is 16.3. The van der Waals surface area contributed by atoms with Crippen LogP contribution in [0.15, 0.2) is 53.1 Å². The molecule has 22 heavy (non-hydrogen) atoms. The van der Waals surface area contributed by atoms with Crippen molar-refractivity contribution in [3.63, 3.8) is 0 Å². The van der Waals surface area contributed by atoms with Gasteiger partial charge in [-0.3, -0.25) is 9.69 Å². The first-order valence-electron chi connectivity index (χ1n) is 7.86. The van der Waals surface area contributed by atoms with E-state index in [1.54, 1.807) is 18.4 Å². The van der Waals surface area contributed by atoms with Gasteiger partial charge in [-0.2, -0.15) is 0 Å². The Bertz CT molecular complexity index is 572. The summed E-state index contributed by atoms with van der Waals surface area (Å²) in [6, 6.07) is 14.1. The van der Waals surface area contributed by atoms with Gasteiger partial charge in [0, 0.05) is 45.7 Å². The van der Waals surface area contributed by atoms with Crippen LogP contribution in [0.1, 0.15) is 22.5 Å². The minimum Gasteiger partial charge on any atom is -0.461 e. The third kappa shape index (κ3) is 4.06. The fraction of sp³-hybridized carbons (Fsp3) is 0.389. The number of ketones is 1. The maximum absolute atomic E-state index is 11.9. The van der Waals surface area contributed by atoms with Gasteiger partial charge in [0.25, 0.3) is 0 Å². The Hall–Kier alpha value is -1.91. The van der Waals surface area contributed by atoms with Crippen molar-refractivity contribution in [2.24, 2.45) is 0 Å². The molecule has 2 heterocycles. The van der Waals surface area contributed by atoms with Gasteiger partial charge in [0.1, 0.15) is 0 Å². The lowest BCUT2D eigenvalue weighted by atomic mass is 10.2. The van der Waals surface area contributed by atoms with Crippen molar-refractivity contribution >= 4 is 5.78 Å². The van der Waals surface area contributed by atoms with Crippen LogP contribution in [-0.4, -0.2) is 48.3 Å². The van der Waals surface area contributed by atoms with E-state index in [0.717, 1.165) is 39.3 Å². The van der Waals surface area contributed by atoms with Crippen LogP contribution in [0.25, 0.3) is 0 Å². The molecule has 0 atom stereocenters. The molecule has 1 aliphatic rings. The van der Waals surface area contributed by atoms with Gasteiger partial charge >= 0.3 is 0 Å². The maximum atomic E-state index is 11.9. The zero-order chi connectivity index (χ0) is 15.2. The van der Waals surface area contributed by atoms with E-state index in [0.29, 0.717) is 12.2 Å². The number of piperazine rings is 1. The molecule has 4 heteroatoms. The molecule has 1 aromatic carbocycles. The van der Waals surface area contributed by atoms with Crippen molar-refractivity contribution in [2.75, 3.05) is 32.7 Å². The first-order valence-corrected chi connectivity index (χ1v) is 7.86. The van der Waals surface area contributed by atoms with Crippen LogP contribution >= 0.6 is 0 Å². The molecule has 1 aromatic heterocycles. The van der Waals surface area contributed by atoms with E-state index >= 15 is 0 Å². The highest BCUT2D eigenvalue weighted by molar-refractivity contribution is 5.93. The fourth-order valence-electron chi connectivity index (χ4n) is 2.83. The Labute approximate surface area is 131 Å². The summed E-state index contributed by atoms with van der Waals surface area (Å²) >= 11 is 0. The van der Waals surface area contributed by atoms with E-state index in [-0.39, 0.29) is 5.78 Å². The van der Waals surface area contributed by atoms with Gasteiger partial charge in [-0.1, -0.05) is 30.3 Å². The molecule has 1 saturated heterocycles. The molecule has 0 saturated carbocycles. The summed E-state index contributed by atoms with van der Waals surface area (Å²) in [5.41, 5.74) is 1.36. The number of benzene rings is 1. The molecule has 0 unspecified atom stereocenters. The summed E-state index contributed by atoms with van der Waals surface area (Å²) < 4.78 is 5.14. The van der Waals surface area contributed by atoms with E-state index in [9.17, 15) is 4.79 Å². The van der Waals surface area contributed by atoms with Crippen LogP contribution in [0.4, 0.5) is 0 Å². The van der Waals surface area contributed by atoms with Gasteiger partial charge < -0.3 is 9.32 Å². The van der Waals surface area contributed by atoms with Gasteiger partial charge in [0.05, 0.1) is 6.26 Å². The summed E-state index contributed by atoms with van der Waals surface area (Å²) in [5.74, 6) is 0.569. The number of hydrogen-bond acceptors (Lipinski definition) is 4. The lowest BCUT2D eigenvalue weighted by Gasteiger charge is -2.34. The highest BCUT2D eigenvalue weighted by Gasteiger charge is 2.18. The van der Waals surface area contributed by atoms with Crippen LogP contribution < -0.4 is 0 Å². The van der Waals surface area contributed by atoms with E-state index in [4.69, 9.17) is 4.42 Å². The highest BCUT2D eigenvalue weighted by Crippen LogP contribution is 2.10. The summed E-state index contributed by atoms with van der Waals surface area (Å²) in [6.45, 7) is 6.00. The molecule has 4 nitrogen and oxygen atoms in total. The van der Waals surface area contributed by atoms with Crippen molar-refractivity contribution in [3.8, 4) is 0 Å². The van der Waals surface area contributed by atoms with Crippen LogP contribution in [-0.2, 0) is 6.54 Å². The summed E-state index contributed by atoms with van der Waals surface area (Å²) in [4.78, 5) is 16.8. The van der Waals surface area contributed by atoms with Crippen LogP contribution in [0.2, 0.25) is 0 Å². The van der Waals surface area contributed by atoms with E-state index in [2.05, 4.69) is 40.1 Å². The molecule has 0 bridgehead atoms. The van der Waals surface area contributed by atoms with Crippen molar-refractivity contribution < 1.29 is 9.21 Å². The third-order valence-electron chi connectivity index (χ3n) is 4.17. The molecule has 1 fully saturated rings. The molecule has 0 spiro atoms. The summed E-state index contributed by atoms with van der Waals surface area (Å²) in [5, 5.41) is 0. The molecular formula is C18H22N2O2. The lowest BCUT2D eigenvalue weighted by Crippen LogP contribution is -2.46. The van der Waals surface area contributed by atoms with Gasteiger partial charge in [-0.25, -0.2) is 0 Å². The summed E-state index contributed by atoms with van der Waals surface area (Å²) in [6.07, 6.45) is 2.09. The molecule has 0 aliphatic carbocycles. The Morgan fingerprint density at radius 1 is 0.955 bits per heavy atom. The number of carbonyl (C=O) groups is 1. The normalized spacial score (nSPS) is 16.7. The average molecular weight is 298 g/mol. The minimum absolute atomic E-state index is 0.0942. The zero-order valence-corrected chi connectivity index (χ0v) is 12.8. The Morgan fingerprint density at radius 3 is 2.36 bits per heavy atom. The maximum Gasteiger partial charge on any atom is 0.199 e. The van der Waals surface area contributed by atoms with Gasteiger partial charge in [-0.05, 0) is 17.7 Å². The second kappa shape index (κ2) is 7.38. The Morgan fingerprint density at radius 2 is 1.68 bits per heavy atom. The second-order valence-electron chi connectivity index (χ2n) is 5.75. The third-order valence-corrected chi connectivity index (χ3v) is 4.17. The molecule has 0 amide bonds. The van der Waals surface area contributed by atoms with Crippen molar-refractivity contribution in [2.45, 2.75) is 13.0 Å². The molecular weight excluding hydrogens is 276 g/mol. The van der Waals surface area contributed by atoms with Crippen LogP contribution in [0, 0.1) is 0 Å². The summed E-state index contributed by atoms with van der Waals surface area (Å²) in [7, 11) is 0. The number of rotatable bonds is 6. The fourth-order valence-corrected chi connectivity index (χ4v) is 2.83. The molecule has 0 radical (unpaired) electrons. The zero-order valence-electron chi connectivity index (χ0n) is 12.8. The largest absolute Gasteiger partial charge is 0.461 e. The smallest absolute Gasteiger partial charge is 0.199 e. The van der Waals surface area contributed by atoms with E-state index < -0.39 is 0 Å². The van der Waals surface area contributed by atoms with Crippen molar-refractivity contribution in [3.05, 3.63) is 60.1 Å². The Balaban J connectivity index is 1.39. The molecule has 2 aromatic rings. The number of carbonyl (C=O) groups excluding carboxylic acids is 1. The van der Waals surface area contributed by atoms with Gasteiger partial charge in [0.2, 0.25) is 0 Å². The van der Waals surface area contributed by atoms with Crippen molar-refractivity contribution in [1.82, 2.24) is 9.80 Å². The van der Waals surface area contributed by atoms with Crippen LogP contribution in [0.5, 0.6) is 0 Å². The predicted molar refractivity (Wildman–Crippen MR) is 85.8 cm³/mol. The molecule has 116 valence electrons. The first-order chi connectivity index (χ1) is 10.8. The van der Waals surface area contributed by atoms with Gasteiger partial charge in [-0.15, -0.1) is 0 Å². The topological polar surface area (TPSA) is 36.7 Å². The van der Waals surface area contributed by atoms with Crippen molar-refractivity contribution in [1.29, 1.82) is 0 Å². The predicted octanol–water partition coefficient (Wildman–Crippen LogP) is 2.67. The quantitative estimate of drug-likeness (QED) is 0.768. The monoisotopic (exact) mass is 298 g/mol. The number of furan rings is 1. The lowest BCUT2D eigenvalue weighted by molar-refractivity contribution is 0.0898. The number of nitrogens with zero attached hydrogens (tertiary/aromatic N) is 2. The molecule has 0 N–H and O–H groups in total. The standard InChI is InChI=1S/C18H22N2O2/c21-17(18-7-4-14-22-18)8-9-19-10-12-20(13-11-19)15-16-5-2-1-3-6-16/h1-7,14H,8-13,15H2. The minimum atomic E-state index is 0.0942. The van der Waals surface area contributed by atoms with E-state index in [1.807, 2.05) is 0 Å². The molecule has 1 aliphatic heterocycles. The van der Waals surface area contributed by atoms with Gasteiger partial charge in [0.15, 0.2) is 11.5 Å². The SMILES string of the molecule is O=C(CCN1CCN(Cc2ccccc2)CC1)c1ccco1. The van der Waals surface area contributed by atoms with Crippen LogP contribution in [0.3, 0.4) is 0 Å². The number of Topliss-reactive ketones (excluding diaryl/α,β-unsaturated/α-hetero) is 1.